The van der Waals surface area contributed by atoms with Gasteiger partial charge in [0.2, 0.25) is 0 Å². The van der Waals surface area contributed by atoms with E-state index in [4.69, 9.17) is 25.9 Å². The lowest BCUT2D eigenvalue weighted by Crippen LogP contribution is -2.48. The number of fused-ring (bicyclic) bond motifs is 1. The number of carbonyl (C=O) groups is 2. The van der Waals surface area contributed by atoms with Crippen LogP contribution in [0.15, 0.2) is 36.4 Å². The van der Waals surface area contributed by atoms with Gasteiger partial charge in [0.05, 0.1) is 42.1 Å². The number of methoxy groups -OCH3 is 1. The fraction of sp³-hybridized carbons (Fsp3) is 0.481. The second-order valence-corrected chi connectivity index (χ2v) is 10.6. The van der Waals surface area contributed by atoms with Gasteiger partial charge in [0.25, 0.3) is 0 Å². The Kier molecular flexibility index (Phi) is 8.58. The molecule has 1 amide bonds. The van der Waals surface area contributed by atoms with Gasteiger partial charge in [0.15, 0.2) is 0 Å². The molecule has 0 saturated heterocycles. The van der Waals surface area contributed by atoms with E-state index in [1.165, 1.54) is 17.2 Å². The predicted molar refractivity (Wildman–Crippen MR) is 135 cm³/mol. The number of carbonyl (C=O) groups excluding carboxylic acids is 2. The number of anilines is 1. The van der Waals surface area contributed by atoms with E-state index in [0.29, 0.717) is 23.4 Å². The topological polar surface area (TPSA) is 68.3 Å². The van der Waals surface area contributed by atoms with Crippen molar-refractivity contribution in [2.75, 3.05) is 12.2 Å². The van der Waals surface area contributed by atoms with Gasteiger partial charge in [0, 0.05) is 17.1 Å². The maximum atomic E-state index is 13.5. The zero-order chi connectivity index (χ0) is 30.3. The highest BCUT2D eigenvalue weighted by Crippen LogP contribution is 2.49. The Hall–Kier alpha value is -3.35. The molecule has 7 nitrogen and oxygen atoms in total. The van der Waals surface area contributed by atoms with E-state index in [1.807, 2.05) is 0 Å². The molecule has 4 rings (SSSR count). The van der Waals surface area contributed by atoms with E-state index >= 15 is 0 Å². The lowest BCUT2D eigenvalue weighted by atomic mass is 9.89. The number of hydrogen-bond acceptors (Lipinski definition) is 6. The number of benzene rings is 2. The third-order valence-corrected chi connectivity index (χ3v) is 7.04. The maximum absolute atomic E-state index is 13.5. The number of hydroxylamine groups is 1. The van der Waals surface area contributed by atoms with E-state index in [9.17, 15) is 35.9 Å². The largest absolute Gasteiger partial charge is 0.533 e. The average Bonchev–Trinajstić information content (AvgIpc) is 3.71. The molecule has 0 bridgehead atoms. The summed E-state index contributed by atoms with van der Waals surface area (Å²) in [5, 5.41) is 1.62. The van der Waals surface area contributed by atoms with Crippen molar-refractivity contribution in [2.45, 2.75) is 70.2 Å². The van der Waals surface area contributed by atoms with Crippen LogP contribution in [0.25, 0.3) is 0 Å². The smallest absolute Gasteiger partial charge is 0.453 e. The summed E-state index contributed by atoms with van der Waals surface area (Å²) in [7, 11) is 1.06. The summed E-state index contributed by atoms with van der Waals surface area (Å²) in [6.45, 7) is 2.65. The van der Waals surface area contributed by atoms with Gasteiger partial charge in [-0.05, 0) is 81.0 Å². The number of rotatable bonds is 6. The van der Waals surface area contributed by atoms with E-state index in [1.54, 1.807) is 19.9 Å². The Balaban J connectivity index is 1.79. The molecule has 1 saturated carbocycles. The van der Waals surface area contributed by atoms with Gasteiger partial charge in [-0.15, -0.1) is 0 Å². The summed E-state index contributed by atoms with van der Waals surface area (Å²) >= 11 is 6.26. The highest BCUT2D eigenvalue weighted by Gasteiger charge is 2.46. The predicted octanol–water partition coefficient (Wildman–Crippen LogP) is 8.15. The molecule has 1 heterocycles. The SMILES string of the molecule is COC(=O)N(Cc1cc(C(F)(F)F)cc(C(F)(F)F)c1)[C@H]1C[C@@H](C2CC2)N(OC(=O)OC(C)C)c2ccc(Cl)cc21. The van der Waals surface area contributed by atoms with Crippen molar-refractivity contribution >= 4 is 29.5 Å². The van der Waals surface area contributed by atoms with Crippen LogP contribution >= 0.6 is 11.6 Å². The molecular formula is C27H27ClF6N2O5. The number of alkyl halides is 6. The van der Waals surface area contributed by atoms with Crippen LogP contribution in [0.4, 0.5) is 41.6 Å². The lowest BCUT2D eigenvalue weighted by Gasteiger charge is -2.43. The second-order valence-electron chi connectivity index (χ2n) is 10.2. The van der Waals surface area contributed by atoms with Crippen LogP contribution in [0.1, 0.15) is 61.4 Å². The fourth-order valence-electron chi connectivity index (χ4n) is 4.92. The minimum atomic E-state index is -5.06. The van der Waals surface area contributed by atoms with Gasteiger partial charge >= 0.3 is 24.6 Å². The van der Waals surface area contributed by atoms with E-state index in [0.717, 1.165) is 24.9 Å². The van der Waals surface area contributed by atoms with E-state index < -0.39 is 66.0 Å². The number of halogens is 7. The van der Waals surface area contributed by atoms with Crippen molar-refractivity contribution in [3.8, 4) is 0 Å². The van der Waals surface area contributed by atoms with Crippen molar-refractivity contribution in [3.05, 3.63) is 63.7 Å². The molecule has 224 valence electrons. The number of nitrogens with zero attached hydrogens (tertiary/aromatic N) is 2. The summed E-state index contributed by atoms with van der Waals surface area (Å²) in [6, 6.07) is 4.38. The van der Waals surface area contributed by atoms with Gasteiger partial charge < -0.3 is 14.3 Å². The fourth-order valence-corrected chi connectivity index (χ4v) is 5.10. The minimum absolute atomic E-state index is 0.0241. The molecule has 2 aliphatic rings. The summed E-state index contributed by atoms with van der Waals surface area (Å²) < 4.78 is 91.2. The van der Waals surface area contributed by atoms with Crippen molar-refractivity contribution in [1.82, 2.24) is 4.90 Å². The Morgan fingerprint density at radius 1 is 1.02 bits per heavy atom. The molecule has 41 heavy (non-hydrogen) atoms. The third-order valence-electron chi connectivity index (χ3n) is 6.81. The maximum Gasteiger partial charge on any atom is 0.533 e. The Labute approximate surface area is 236 Å². The van der Waals surface area contributed by atoms with Crippen LogP contribution < -0.4 is 5.06 Å². The molecule has 1 aliphatic heterocycles. The van der Waals surface area contributed by atoms with Crippen molar-refractivity contribution in [2.24, 2.45) is 5.92 Å². The van der Waals surface area contributed by atoms with Crippen LogP contribution in [0, 0.1) is 5.92 Å². The molecule has 0 aromatic heterocycles. The molecule has 0 spiro atoms. The van der Waals surface area contributed by atoms with Gasteiger partial charge in [-0.1, -0.05) is 11.6 Å². The highest BCUT2D eigenvalue weighted by atomic mass is 35.5. The molecule has 1 fully saturated rings. The molecule has 2 atom stereocenters. The van der Waals surface area contributed by atoms with Crippen molar-refractivity contribution < 1.29 is 50.2 Å². The summed E-state index contributed by atoms with van der Waals surface area (Å²) in [6.07, 6.45) is -10.8. The zero-order valence-electron chi connectivity index (χ0n) is 22.2. The normalized spacial score (nSPS) is 19.0. The first-order valence-electron chi connectivity index (χ1n) is 12.7. The molecular weight excluding hydrogens is 582 g/mol. The quantitative estimate of drug-likeness (QED) is 0.244. The van der Waals surface area contributed by atoms with Gasteiger partial charge in [-0.25, -0.2) is 9.59 Å². The number of hydrogen-bond donors (Lipinski definition) is 0. The molecule has 0 N–H and O–H groups in total. The standard InChI is InChI=1S/C27H27ClF6N2O5/c1-14(2)40-25(38)41-36-21-7-6-19(28)11-20(21)23(12-22(36)16-4-5-16)35(24(37)39-3)13-15-8-17(26(29,30)31)10-18(9-15)27(32,33)34/h6-11,14,16,22-23H,4-5,12-13H2,1-3H3/t22-,23-/m0/s1. The summed E-state index contributed by atoms with van der Waals surface area (Å²) in [4.78, 5) is 32.1. The molecule has 14 heteroatoms. The molecule has 1 aliphatic carbocycles. The minimum Gasteiger partial charge on any atom is -0.453 e. The molecule has 0 unspecified atom stereocenters. The average molecular weight is 609 g/mol. The van der Waals surface area contributed by atoms with Crippen LogP contribution in [-0.2, 0) is 33.2 Å². The van der Waals surface area contributed by atoms with E-state index in [-0.39, 0.29) is 23.4 Å². The second kappa shape index (κ2) is 11.5. The zero-order valence-corrected chi connectivity index (χ0v) is 22.9. The van der Waals surface area contributed by atoms with E-state index in [2.05, 4.69) is 0 Å². The number of ether oxygens (including phenoxy) is 2. The third kappa shape index (κ3) is 7.11. The Morgan fingerprint density at radius 2 is 1.63 bits per heavy atom. The van der Waals surface area contributed by atoms with Gasteiger partial charge in [-0.2, -0.15) is 31.4 Å². The summed E-state index contributed by atoms with van der Waals surface area (Å²) in [5.41, 5.74) is -2.70. The van der Waals surface area contributed by atoms with Crippen molar-refractivity contribution in [3.63, 3.8) is 0 Å². The van der Waals surface area contributed by atoms with Crippen LogP contribution in [0.2, 0.25) is 5.02 Å². The first kappa shape index (κ1) is 30.6. The van der Waals surface area contributed by atoms with Gasteiger partial charge in [-0.3, -0.25) is 4.90 Å². The van der Waals surface area contributed by atoms with Gasteiger partial charge in [0.1, 0.15) is 0 Å². The Bertz CT molecular complexity index is 1270. The van der Waals surface area contributed by atoms with Crippen LogP contribution in [-0.4, -0.2) is 36.4 Å². The monoisotopic (exact) mass is 608 g/mol. The van der Waals surface area contributed by atoms with Crippen LogP contribution in [0.5, 0.6) is 0 Å². The van der Waals surface area contributed by atoms with Crippen molar-refractivity contribution in [1.29, 1.82) is 0 Å². The summed E-state index contributed by atoms with van der Waals surface area (Å²) in [5.74, 6) is 0.0399. The molecule has 2 aromatic carbocycles. The first-order valence-corrected chi connectivity index (χ1v) is 13.1. The highest BCUT2D eigenvalue weighted by molar-refractivity contribution is 6.30. The first-order chi connectivity index (χ1) is 19.1. The lowest BCUT2D eigenvalue weighted by molar-refractivity contribution is -0.143. The molecule has 0 radical (unpaired) electrons. The Morgan fingerprint density at radius 3 is 2.15 bits per heavy atom. The number of amides is 1. The van der Waals surface area contributed by atoms with Crippen LogP contribution in [0.3, 0.4) is 0 Å². The molecule has 2 aromatic rings.